The number of allylic oxidation sites excluding steroid dienone is 4. The molecule has 0 fully saturated rings. The molecule has 1 unspecified atom stereocenters. The highest BCUT2D eigenvalue weighted by Crippen LogP contribution is 2.19. The summed E-state index contributed by atoms with van der Waals surface area (Å²) in [4.78, 5) is 26.9. The molecule has 5 nitrogen and oxygen atoms in total. The molecular weight excluding hydrogens is 448 g/mol. The number of aromatic amines is 1. The molecule has 1 aromatic heterocycles. The molecule has 0 radical (unpaired) electrons. The van der Waals surface area contributed by atoms with Crippen LogP contribution in [0.5, 0.6) is 0 Å². The van der Waals surface area contributed by atoms with Crippen LogP contribution in [0.4, 0.5) is 0 Å². The highest BCUT2D eigenvalue weighted by molar-refractivity contribution is 5.96. The monoisotopic (exact) mass is 490 g/mol. The number of hydrogen-bond donors (Lipinski definition) is 3. The van der Waals surface area contributed by atoms with Crippen LogP contribution in [0.15, 0.2) is 54.8 Å². The Morgan fingerprint density at radius 3 is 2.42 bits per heavy atom. The van der Waals surface area contributed by atoms with Gasteiger partial charge in [-0.05, 0) is 56.1 Å². The van der Waals surface area contributed by atoms with Gasteiger partial charge in [-0.25, -0.2) is 4.79 Å². The zero-order valence-corrected chi connectivity index (χ0v) is 21.7. The number of amides is 1. The number of carboxylic acid groups (broad SMARTS) is 1. The van der Waals surface area contributed by atoms with Gasteiger partial charge in [-0.3, -0.25) is 4.79 Å². The van der Waals surface area contributed by atoms with Crippen LogP contribution in [-0.4, -0.2) is 28.0 Å². The zero-order valence-electron chi connectivity index (χ0n) is 21.7. The van der Waals surface area contributed by atoms with Crippen LogP contribution in [0.25, 0.3) is 10.9 Å². The van der Waals surface area contributed by atoms with E-state index in [2.05, 4.69) is 53.4 Å². The fraction of sp³-hybridized carbons (Fsp3) is 0.484. The van der Waals surface area contributed by atoms with E-state index in [0.29, 0.717) is 6.42 Å². The van der Waals surface area contributed by atoms with Crippen molar-refractivity contribution in [3.8, 4) is 11.8 Å². The summed E-state index contributed by atoms with van der Waals surface area (Å²) in [5.74, 6) is 3.83. The minimum absolute atomic E-state index is 0.206. The van der Waals surface area contributed by atoms with Gasteiger partial charge in [0.1, 0.15) is 6.04 Å². The van der Waals surface area contributed by atoms with Crippen molar-refractivity contribution in [3.05, 3.63) is 60.3 Å². The molecule has 0 saturated carbocycles. The second kappa shape index (κ2) is 18.1. The van der Waals surface area contributed by atoms with Crippen LogP contribution < -0.4 is 5.32 Å². The Labute approximate surface area is 216 Å². The summed E-state index contributed by atoms with van der Waals surface area (Å²) in [7, 11) is 0. The van der Waals surface area contributed by atoms with Crippen LogP contribution in [0.3, 0.4) is 0 Å². The summed E-state index contributed by atoms with van der Waals surface area (Å²) in [5.41, 5.74) is 1.80. The second-order valence-electron chi connectivity index (χ2n) is 9.21. The number of benzene rings is 1. The number of carboxylic acids is 1. The van der Waals surface area contributed by atoms with E-state index in [9.17, 15) is 14.7 Å². The SMILES string of the molecule is CCCCCC=CCC=CCCCCCCCC#CC(=O)NC(Cc1c[nH]c2ccccc12)C(=O)O. The summed E-state index contributed by atoms with van der Waals surface area (Å²) in [6.07, 6.45) is 24.6. The molecule has 0 aliphatic heterocycles. The predicted molar refractivity (Wildman–Crippen MR) is 149 cm³/mol. The third kappa shape index (κ3) is 11.9. The summed E-state index contributed by atoms with van der Waals surface area (Å²) in [6.45, 7) is 2.23. The number of hydrogen-bond acceptors (Lipinski definition) is 2. The molecule has 5 heteroatoms. The standard InChI is InChI=1S/C31H42N2O3/c1-2-3-4-5-6-7-8-9-10-11-12-13-14-15-16-17-18-23-30(34)33-29(31(35)36)24-26-25-32-28-22-20-19-21-27(26)28/h6-7,9-10,19-22,25,29,32H,2-5,8,11-17,24H2,1H3,(H,33,34)(H,35,36). The van der Waals surface area contributed by atoms with Gasteiger partial charge in [0.25, 0.3) is 5.91 Å². The molecule has 1 heterocycles. The van der Waals surface area contributed by atoms with Crippen LogP contribution in [0.1, 0.15) is 89.5 Å². The van der Waals surface area contributed by atoms with E-state index in [1.165, 1.54) is 44.9 Å². The van der Waals surface area contributed by atoms with E-state index in [1.54, 1.807) is 6.20 Å². The number of para-hydroxylation sites is 1. The number of H-pyrrole nitrogens is 1. The van der Waals surface area contributed by atoms with Crippen molar-refractivity contribution < 1.29 is 14.7 Å². The van der Waals surface area contributed by atoms with Crippen LogP contribution in [0, 0.1) is 11.8 Å². The molecule has 1 aromatic carbocycles. The summed E-state index contributed by atoms with van der Waals surface area (Å²) in [6, 6.07) is 6.69. The Balaban J connectivity index is 1.54. The first-order valence-electron chi connectivity index (χ1n) is 13.5. The maximum atomic E-state index is 12.1. The minimum Gasteiger partial charge on any atom is -0.480 e. The van der Waals surface area contributed by atoms with Crippen molar-refractivity contribution in [3.63, 3.8) is 0 Å². The summed E-state index contributed by atoms with van der Waals surface area (Å²) < 4.78 is 0. The first-order chi connectivity index (χ1) is 17.6. The van der Waals surface area contributed by atoms with Crippen molar-refractivity contribution >= 4 is 22.8 Å². The van der Waals surface area contributed by atoms with E-state index >= 15 is 0 Å². The third-order valence-electron chi connectivity index (χ3n) is 6.16. The highest BCUT2D eigenvalue weighted by Gasteiger charge is 2.21. The maximum Gasteiger partial charge on any atom is 0.326 e. The van der Waals surface area contributed by atoms with Gasteiger partial charge in [-0.1, -0.05) is 87.5 Å². The molecule has 3 N–H and O–H groups in total. The number of rotatable bonds is 17. The van der Waals surface area contributed by atoms with Crippen molar-refractivity contribution in [2.45, 2.75) is 96.4 Å². The molecule has 1 atom stereocenters. The second-order valence-corrected chi connectivity index (χ2v) is 9.21. The molecule has 194 valence electrons. The smallest absolute Gasteiger partial charge is 0.326 e. The predicted octanol–water partition coefficient (Wildman–Crippen LogP) is 7.10. The van der Waals surface area contributed by atoms with E-state index in [1.807, 2.05) is 24.3 Å². The largest absolute Gasteiger partial charge is 0.480 e. The van der Waals surface area contributed by atoms with E-state index in [-0.39, 0.29) is 6.42 Å². The van der Waals surface area contributed by atoms with Gasteiger partial charge in [0.15, 0.2) is 0 Å². The lowest BCUT2D eigenvalue weighted by Crippen LogP contribution is -2.41. The summed E-state index contributed by atoms with van der Waals surface area (Å²) in [5, 5.41) is 13.0. The van der Waals surface area contributed by atoms with Gasteiger partial charge in [0.2, 0.25) is 0 Å². The number of carbonyl (C=O) groups is 2. The Morgan fingerprint density at radius 1 is 0.972 bits per heavy atom. The third-order valence-corrected chi connectivity index (χ3v) is 6.16. The van der Waals surface area contributed by atoms with E-state index in [4.69, 9.17) is 0 Å². The molecular formula is C31H42N2O3. The average Bonchev–Trinajstić information content (AvgIpc) is 3.28. The number of aliphatic carboxylic acids is 1. The number of fused-ring (bicyclic) bond motifs is 1. The quantitative estimate of drug-likeness (QED) is 0.126. The van der Waals surface area contributed by atoms with Crippen LogP contribution in [-0.2, 0) is 16.0 Å². The van der Waals surface area contributed by atoms with Gasteiger partial charge < -0.3 is 15.4 Å². The fourth-order valence-electron chi connectivity index (χ4n) is 4.08. The molecule has 36 heavy (non-hydrogen) atoms. The lowest BCUT2D eigenvalue weighted by Gasteiger charge is -2.12. The van der Waals surface area contributed by atoms with E-state index in [0.717, 1.165) is 42.1 Å². The topological polar surface area (TPSA) is 82.2 Å². The van der Waals surface area contributed by atoms with Gasteiger partial charge in [0.05, 0.1) is 0 Å². The molecule has 0 bridgehead atoms. The van der Waals surface area contributed by atoms with Crippen LogP contribution in [0.2, 0.25) is 0 Å². The summed E-state index contributed by atoms with van der Waals surface area (Å²) >= 11 is 0. The lowest BCUT2D eigenvalue weighted by molar-refractivity contribution is -0.141. The number of aromatic nitrogens is 1. The van der Waals surface area contributed by atoms with Crippen molar-refractivity contribution in [1.82, 2.24) is 10.3 Å². The van der Waals surface area contributed by atoms with Crippen LogP contribution >= 0.6 is 0 Å². The van der Waals surface area contributed by atoms with Crippen molar-refractivity contribution in [2.75, 3.05) is 0 Å². The van der Waals surface area contributed by atoms with Gasteiger partial charge >= 0.3 is 5.97 Å². The number of nitrogens with one attached hydrogen (secondary N) is 2. The average molecular weight is 491 g/mol. The molecule has 0 spiro atoms. The molecule has 0 saturated heterocycles. The zero-order chi connectivity index (χ0) is 25.8. The van der Waals surface area contributed by atoms with Gasteiger partial charge in [-0.15, -0.1) is 0 Å². The first-order valence-corrected chi connectivity index (χ1v) is 13.5. The first kappa shape index (κ1) is 29.0. The maximum absolute atomic E-state index is 12.1. The molecule has 0 aliphatic rings. The molecule has 1 amide bonds. The number of unbranched alkanes of at least 4 members (excludes halogenated alkanes) is 9. The molecule has 2 aromatic rings. The van der Waals surface area contributed by atoms with Crippen molar-refractivity contribution in [2.24, 2.45) is 0 Å². The Hall–Kier alpha value is -3.26. The van der Waals surface area contributed by atoms with Gasteiger partial charge in [-0.2, -0.15) is 0 Å². The van der Waals surface area contributed by atoms with E-state index < -0.39 is 17.9 Å². The Bertz CT molecular complexity index is 1040. The number of carbonyl (C=O) groups excluding carboxylic acids is 1. The molecule has 2 rings (SSSR count). The minimum atomic E-state index is -1.07. The molecule has 0 aliphatic carbocycles. The Kier molecular flexibility index (Phi) is 14.5. The highest BCUT2D eigenvalue weighted by atomic mass is 16.4. The fourth-order valence-corrected chi connectivity index (χ4v) is 4.08. The normalized spacial score (nSPS) is 12.1. The van der Waals surface area contributed by atoms with Crippen molar-refractivity contribution in [1.29, 1.82) is 0 Å². The Morgan fingerprint density at radius 2 is 1.67 bits per heavy atom. The lowest BCUT2D eigenvalue weighted by atomic mass is 10.0. The van der Waals surface area contributed by atoms with Gasteiger partial charge in [0, 0.05) is 29.9 Å².